The molecule has 2 amide bonds. The van der Waals surface area contributed by atoms with Gasteiger partial charge < -0.3 is 10.4 Å². The van der Waals surface area contributed by atoms with Crippen molar-refractivity contribution < 1.29 is 18.7 Å². The van der Waals surface area contributed by atoms with Crippen LogP contribution in [0.1, 0.15) is 37.2 Å². The molecule has 2 fully saturated rings. The van der Waals surface area contributed by atoms with Crippen molar-refractivity contribution in [3.63, 3.8) is 0 Å². The van der Waals surface area contributed by atoms with Gasteiger partial charge in [-0.2, -0.15) is 0 Å². The van der Waals surface area contributed by atoms with Gasteiger partial charge in [0.15, 0.2) is 0 Å². The molecule has 0 unspecified atom stereocenters. The maximum atomic E-state index is 14.1. The third kappa shape index (κ3) is 3.59. The summed E-state index contributed by atoms with van der Waals surface area (Å²) >= 11 is 0. The van der Waals surface area contributed by atoms with Gasteiger partial charge in [0.25, 0.3) is 0 Å². The van der Waals surface area contributed by atoms with Gasteiger partial charge >= 0.3 is 6.03 Å². The van der Waals surface area contributed by atoms with E-state index >= 15 is 0 Å². The first kappa shape index (κ1) is 20.4. The van der Waals surface area contributed by atoms with Gasteiger partial charge in [-0.05, 0) is 42.5 Å². The number of carbonyl (C=O) groups is 1. The number of benzene rings is 2. The molecule has 7 heteroatoms. The van der Waals surface area contributed by atoms with Crippen LogP contribution in [-0.2, 0) is 0 Å². The molecule has 1 aliphatic carbocycles. The average molecular weight is 427 g/mol. The van der Waals surface area contributed by atoms with Gasteiger partial charge in [-0.15, -0.1) is 0 Å². The molecule has 5 rings (SSSR count). The molecule has 31 heavy (non-hydrogen) atoms. The highest BCUT2D eigenvalue weighted by Crippen LogP contribution is 2.49. The SMILES string of the molecule is O=C(Nc1cc(F)ccc1F)N1C[C@H]2[C@@H](c3ccccc31)[C@H](CO)N2CC1CCCC1. The molecule has 0 radical (unpaired) electrons. The Hall–Kier alpha value is -2.51. The predicted octanol–water partition coefficient (Wildman–Crippen LogP) is 4.34. The predicted molar refractivity (Wildman–Crippen MR) is 115 cm³/mol. The Morgan fingerprint density at radius 3 is 2.68 bits per heavy atom. The van der Waals surface area contributed by atoms with Gasteiger partial charge in [0.05, 0.1) is 12.3 Å². The number of urea groups is 1. The van der Waals surface area contributed by atoms with Crippen molar-refractivity contribution in [2.75, 3.05) is 29.9 Å². The fraction of sp³-hybridized carbons (Fsp3) is 0.458. The lowest BCUT2D eigenvalue weighted by Gasteiger charge is -2.59. The van der Waals surface area contributed by atoms with Gasteiger partial charge in [0.2, 0.25) is 0 Å². The van der Waals surface area contributed by atoms with Gasteiger partial charge in [-0.3, -0.25) is 9.80 Å². The molecule has 2 N–H and O–H groups in total. The van der Waals surface area contributed by atoms with Crippen LogP contribution in [0.5, 0.6) is 0 Å². The number of aliphatic hydroxyl groups excluding tert-OH is 1. The lowest BCUT2D eigenvalue weighted by molar-refractivity contribution is -0.0509. The van der Waals surface area contributed by atoms with E-state index in [-0.39, 0.29) is 30.3 Å². The molecular weight excluding hydrogens is 400 g/mol. The number of hydrogen-bond acceptors (Lipinski definition) is 3. The van der Waals surface area contributed by atoms with Crippen LogP contribution < -0.4 is 10.2 Å². The number of rotatable bonds is 4. The minimum absolute atomic E-state index is 0.0534. The van der Waals surface area contributed by atoms with Gasteiger partial charge in [0, 0.05) is 42.8 Å². The molecule has 2 aromatic carbocycles. The van der Waals surface area contributed by atoms with Crippen LogP contribution in [0.25, 0.3) is 0 Å². The van der Waals surface area contributed by atoms with Gasteiger partial charge in [0.1, 0.15) is 11.6 Å². The number of hydrogen-bond donors (Lipinski definition) is 2. The van der Waals surface area contributed by atoms with Crippen LogP contribution >= 0.6 is 0 Å². The highest BCUT2D eigenvalue weighted by atomic mass is 19.1. The minimum Gasteiger partial charge on any atom is -0.395 e. The van der Waals surface area contributed by atoms with E-state index < -0.39 is 17.7 Å². The van der Waals surface area contributed by atoms with E-state index in [2.05, 4.69) is 10.2 Å². The average Bonchev–Trinajstić information content (AvgIpc) is 3.28. The lowest BCUT2D eigenvalue weighted by atomic mass is 9.71. The maximum absolute atomic E-state index is 14.1. The maximum Gasteiger partial charge on any atom is 0.326 e. The van der Waals surface area contributed by atoms with Crippen LogP contribution in [0.15, 0.2) is 42.5 Å². The normalized spacial score (nSPS) is 25.6. The molecule has 2 heterocycles. The van der Waals surface area contributed by atoms with Crippen molar-refractivity contribution in [1.82, 2.24) is 4.90 Å². The van der Waals surface area contributed by atoms with Crippen molar-refractivity contribution in [3.8, 4) is 0 Å². The number of likely N-dealkylation sites (tertiary alicyclic amines) is 1. The van der Waals surface area contributed by atoms with Crippen molar-refractivity contribution >= 4 is 17.4 Å². The van der Waals surface area contributed by atoms with Crippen LogP contribution in [0.3, 0.4) is 0 Å². The number of nitrogens with zero attached hydrogens (tertiary/aromatic N) is 2. The van der Waals surface area contributed by atoms with Crippen molar-refractivity contribution in [2.24, 2.45) is 5.92 Å². The third-order valence-electron chi connectivity index (χ3n) is 7.18. The second-order valence-corrected chi connectivity index (χ2v) is 8.91. The Morgan fingerprint density at radius 2 is 1.90 bits per heavy atom. The van der Waals surface area contributed by atoms with Crippen molar-refractivity contribution in [2.45, 2.75) is 43.7 Å². The van der Waals surface area contributed by atoms with E-state index in [1.165, 1.54) is 25.7 Å². The van der Waals surface area contributed by atoms with Crippen LogP contribution in [-0.4, -0.2) is 47.8 Å². The Kier molecular flexibility index (Phi) is 5.40. The van der Waals surface area contributed by atoms with Crippen molar-refractivity contribution in [3.05, 3.63) is 59.7 Å². The van der Waals surface area contributed by atoms with Crippen LogP contribution in [0.4, 0.5) is 25.0 Å². The number of carbonyl (C=O) groups excluding carboxylic acids is 1. The highest BCUT2D eigenvalue weighted by Gasteiger charge is 2.53. The summed E-state index contributed by atoms with van der Waals surface area (Å²) in [6, 6.07) is 10.4. The van der Waals surface area contributed by atoms with E-state index in [4.69, 9.17) is 0 Å². The fourth-order valence-electron chi connectivity index (χ4n) is 5.70. The monoisotopic (exact) mass is 427 g/mol. The summed E-state index contributed by atoms with van der Waals surface area (Å²) in [5.74, 6) is -0.485. The lowest BCUT2D eigenvalue weighted by Crippen LogP contribution is -2.70. The number of aliphatic hydroxyl groups is 1. The number of anilines is 2. The number of fused-ring (bicyclic) bond motifs is 3. The van der Waals surface area contributed by atoms with E-state index in [1.54, 1.807) is 4.90 Å². The highest BCUT2D eigenvalue weighted by molar-refractivity contribution is 6.03. The molecule has 3 aliphatic rings. The van der Waals surface area contributed by atoms with Crippen LogP contribution in [0.2, 0.25) is 0 Å². The summed E-state index contributed by atoms with van der Waals surface area (Å²) in [5.41, 5.74) is 1.61. The van der Waals surface area contributed by atoms with E-state index in [0.29, 0.717) is 12.5 Å². The Morgan fingerprint density at radius 1 is 1.13 bits per heavy atom. The summed E-state index contributed by atoms with van der Waals surface area (Å²) in [6.45, 7) is 1.47. The zero-order valence-electron chi connectivity index (χ0n) is 17.3. The zero-order chi connectivity index (χ0) is 21.5. The van der Waals surface area contributed by atoms with Gasteiger partial charge in [-0.1, -0.05) is 31.0 Å². The van der Waals surface area contributed by atoms with Crippen molar-refractivity contribution in [1.29, 1.82) is 0 Å². The molecular formula is C24H27F2N3O2. The third-order valence-corrected chi connectivity index (χ3v) is 7.18. The smallest absolute Gasteiger partial charge is 0.326 e. The summed E-state index contributed by atoms with van der Waals surface area (Å²) in [6.07, 6.45) is 4.94. The first-order chi connectivity index (χ1) is 15.1. The Labute approximate surface area is 180 Å². The Bertz CT molecular complexity index is 979. The molecule has 164 valence electrons. The standard InChI is InChI=1S/C24H27F2N3O2/c25-16-9-10-18(26)19(11-16)27-24(31)29-13-21-23(17-7-3-4-8-20(17)29)22(14-30)28(21)12-15-5-1-2-6-15/h3-4,7-11,15,21-23,30H,1-2,5-6,12-14H2,(H,27,31)/t21-,22-,23+/m0/s1. The van der Waals surface area contributed by atoms with E-state index in [0.717, 1.165) is 36.0 Å². The molecule has 5 nitrogen and oxygen atoms in total. The molecule has 2 aliphatic heterocycles. The van der Waals surface area contributed by atoms with Gasteiger partial charge in [-0.25, -0.2) is 13.6 Å². The summed E-state index contributed by atoms with van der Waals surface area (Å²) in [5, 5.41) is 12.6. The second-order valence-electron chi connectivity index (χ2n) is 8.91. The largest absolute Gasteiger partial charge is 0.395 e. The number of nitrogens with one attached hydrogen (secondary N) is 1. The molecule has 2 aromatic rings. The van der Waals surface area contributed by atoms with Crippen LogP contribution in [0, 0.1) is 17.6 Å². The molecule has 3 atom stereocenters. The summed E-state index contributed by atoms with van der Waals surface area (Å²) < 4.78 is 27.7. The molecule has 1 saturated heterocycles. The fourth-order valence-corrected chi connectivity index (χ4v) is 5.70. The molecule has 1 saturated carbocycles. The number of amides is 2. The quantitative estimate of drug-likeness (QED) is 0.764. The first-order valence-electron chi connectivity index (χ1n) is 11.1. The second kappa shape index (κ2) is 8.20. The molecule has 0 spiro atoms. The number of halogens is 2. The van der Waals surface area contributed by atoms with E-state index in [9.17, 15) is 18.7 Å². The zero-order valence-corrected chi connectivity index (χ0v) is 17.3. The first-order valence-corrected chi connectivity index (χ1v) is 11.1. The Balaban J connectivity index is 1.42. The summed E-state index contributed by atoms with van der Waals surface area (Å²) in [4.78, 5) is 17.1. The topological polar surface area (TPSA) is 55.8 Å². The summed E-state index contributed by atoms with van der Waals surface area (Å²) in [7, 11) is 0. The molecule has 0 bridgehead atoms. The number of para-hydroxylation sites is 1. The van der Waals surface area contributed by atoms with E-state index in [1.807, 2.05) is 24.3 Å². The molecule has 0 aromatic heterocycles. The minimum atomic E-state index is -0.676.